The number of aliphatic hydroxyl groups is 1. The lowest BCUT2D eigenvalue weighted by Gasteiger charge is -2.24. The topological polar surface area (TPSA) is 41.5 Å². The van der Waals surface area contributed by atoms with Crippen LogP contribution in [0.3, 0.4) is 0 Å². The van der Waals surface area contributed by atoms with Crippen molar-refractivity contribution >= 4 is 0 Å². The predicted octanol–water partition coefficient (Wildman–Crippen LogP) is 2.68. The minimum atomic E-state index is -4.74. The molecular formula is C14H19F4NO2. The maximum atomic E-state index is 13.5. The minimum Gasteiger partial charge on any atom is -0.385 e. The second kappa shape index (κ2) is 7.20. The zero-order valence-electron chi connectivity index (χ0n) is 11.9. The molecule has 0 bridgehead atoms. The van der Waals surface area contributed by atoms with E-state index in [1.807, 2.05) is 0 Å². The van der Waals surface area contributed by atoms with Gasteiger partial charge < -0.3 is 15.2 Å². The highest BCUT2D eigenvalue weighted by Crippen LogP contribution is 2.34. The predicted molar refractivity (Wildman–Crippen MR) is 70.3 cm³/mol. The van der Waals surface area contributed by atoms with Gasteiger partial charge in [-0.15, -0.1) is 0 Å². The summed E-state index contributed by atoms with van der Waals surface area (Å²) in [4.78, 5) is 0. The van der Waals surface area contributed by atoms with E-state index in [1.165, 1.54) is 6.92 Å². The van der Waals surface area contributed by atoms with Crippen LogP contribution in [0.1, 0.15) is 24.5 Å². The Balaban J connectivity index is 2.73. The number of hydrogen-bond acceptors (Lipinski definition) is 3. The van der Waals surface area contributed by atoms with E-state index < -0.39 is 23.2 Å². The summed E-state index contributed by atoms with van der Waals surface area (Å²) in [7, 11) is 1.56. The third-order valence-corrected chi connectivity index (χ3v) is 3.17. The first-order chi connectivity index (χ1) is 9.68. The minimum absolute atomic E-state index is 0.113. The van der Waals surface area contributed by atoms with Crippen molar-refractivity contribution in [1.29, 1.82) is 0 Å². The van der Waals surface area contributed by atoms with Gasteiger partial charge in [0.15, 0.2) is 0 Å². The van der Waals surface area contributed by atoms with Crippen molar-refractivity contribution in [2.75, 3.05) is 26.8 Å². The Labute approximate surface area is 120 Å². The summed E-state index contributed by atoms with van der Waals surface area (Å²) in [6.45, 7) is 2.97. The molecule has 1 aromatic rings. The van der Waals surface area contributed by atoms with E-state index in [0.717, 1.165) is 12.1 Å². The first-order valence-corrected chi connectivity index (χ1v) is 6.48. The Bertz CT molecular complexity index is 461. The van der Waals surface area contributed by atoms with Gasteiger partial charge in [0, 0.05) is 13.7 Å². The van der Waals surface area contributed by atoms with Crippen molar-refractivity contribution in [1.82, 2.24) is 5.32 Å². The van der Waals surface area contributed by atoms with Crippen LogP contribution in [0.15, 0.2) is 18.2 Å². The number of methoxy groups -OCH3 is 1. The quantitative estimate of drug-likeness (QED) is 0.601. The normalized spacial score (nSPS) is 15.0. The molecule has 2 N–H and O–H groups in total. The molecule has 0 aliphatic carbocycles. The molecule has 120 valence electrons. The Morgan fingerprint density at radius 3 is 2.43 bits per heavy atom. The van der Waals surface area contributed by atoms with E-state index in [0.29, 0.717) is 25.8 Å². The van der Waals surface area contributed by atoms with Crippen LogP contribution in [0.2, 0.25) is 0 Å². The largest absolute Gasteiger partial charge is 0.419 e. The van der Waals surface area contributed by atoms with Gasteiger partial charge in [-0.1, -0.05) is 6.07 Å². The fraction of sp³-hybridized carbons (Fsp3) is 0.571. The second-order valence-electron chi connectivity index (χ2n) is 4.96. The van der Waals surface area contributed by atoms with Gasteiger partial charge >= 0.3 is 6.18 Å². The molecule has 1 unspecified atom stereocenters. The molecule has 0 radical (unpaired) electrons. The fourth-order valence-electron chi connectivity index (χ4n) is 1.86. The van der Waals surface area contributed by atoms with E-state index in [-0.39, 0.29) is 12.0 Å². The highest BCUT2D eigenvalue weighted by Gasteiger charge is 2.35. The Morgan fingerprint density at radius 1 is 1.24 bits per heavy atom. The smallest absolute Gasteiger partial charge is 0.385 e. The molecule has 1 aromatic carbocycles. The maximum Gasteiger partial charge on any atom is 0.419 e. The van der Waals surface area contributed by atoms with Crippen molar-refractivity contribution in [3.8, 4) is 0 Å². The molecule has 3 nitrogen and oxygen atoms in total. The van der Waals surface area contributed by atoms with Gasteiger partial charge in [-0.05, 0) is 37.6 Å². The molecule has 7 heteroatoms. The SMILES string of the molecule is COCCNCCC(C)(O)c1ccc(C(F)(F)F)c(F)c1. The van der Waals surface area contributed by atoms with Crippen LogP contribution >= 0.6 is 0 Å². The molecule has 0 heterocycles. The summed E-state index contributed by atoms with van der Waals surface area (Å²) >= 11 is 0. The van der Waals surface area contributed by atoms with Gasteiger partial charge in [0.1, 0.15) is 5.82 Å². The van der Waals surface area contributed by atoms with Crippen molar-refractivity contribution in [3.05, 3.63) is 35.1 Å². The molecule has 0 aromatic heterocycles. The monoisotopic (exact) mass is 309 g/mol. The maximum absolute atomic E-state index is 13.5. The zero-order chi connectivity index (χ0) is 16.1. The lowest BCUT2D eigenvalue weighted by molar-refractivity contribution is -0.140. The first kappa shape index (κ1) is 17.9. The summed E-state index contributed by atoms with van der Waals surface area (Å²) in [5.41, 5.74) is -2.63. The molecule has 0 aliphatic heterocycles. The van der Waals surface area contributed by atoms with Crippen LogP contribution in [0.4, 0.5) is 17.6 Å². The van der Waals surface area contributed by atoms with E-state index in [2.05, 4.69) is 5.32 Å². The second-order valence-corrected chi connectivity index (χ2v) is 4.96. The van der Waals surface area contributed by atoms with Crippen molar-refractivity contribution in [2.45, 2.75) is 25.1 Å². The number of halogens is 4. The standard InChI is InChI=1S/C14H19F4NO2/c1-13(20,5-6-19-7-8-21-2)10-3-4-11(12(15)9-10)14(16,17)18/h3-4,9,19-20H,5-8H2,1-2H3. The molecular weight excluding hydrogens is 290 g/mol. The average Bonchev–Trinajstić information content (AvgIpc) is 2.36. The lowest BCUT2D eigenvalue weighted by Crippen LogP contribution is -2.29. The fourth-order valence-corrected chi connectivity index (χ4v) is 1.86. The van der Waals surface area contributed by atoms with Gasteiger partial charge in [0.25, 0.3) is 0 Å². The summed E-state index contributed by atoms with van der Waals surface area (Å²) in [6.07, 6.45) is -4.50. The number of rotatable bonds is 7. The van der Waals surface area contributed by atoms with Crippen molar-refractivity contribution in [2.24, 2.45) is 0 Å². The van der Waals surface area contributed by atoms with E-state index in [1.54, 1.807) is 7.11 Å². The molecule has 0 saturated carbocycles. The molecule has 0 fully saturated rings. The number of benzene rings is 1. The van der Waals surface area contributed by atoms with Crippen LogP contribution in [0.25, 0.3) is 0 Å². The highest BCUT2D eigenvalue weighted by atomic mass is 19.4. The number of nitrogens with one attached hydrogen (secondary N) is 1. The first-order valence-electron chi connectivity index (χ1n) is 6.48. The van der Waals surface area contributed by atoms with Crippen LogP contribution in [0, 0.1) is 5.82 Å². The number of ether oxygens (including phenoxy) is 1. The van der Waals surface area contributed by atoms with Gasteiger partial charge in [0.2, 0.25) is 0 Å². The summed E-state index contributed by atoms with van der Waals surface area (Å²) in [5, 5.41) is 13.2. The molecule has 0 spiro atoms. The van der Waals surface area contributed by atoms with E-state index in [9.17, 15) is 22.7 Å². The third-order valence-electron chi connectivity index (χ3n) is 3.17. The molecule has 1 atom stereocenters. The highest BCUT2D eigenvalue weighted by molar-refractivity contribution is 5.30. The van der Waals surface area contributed by atoms with Gasteiger partial charge in [-0.2, -0.15) is 13.2 Å². The van der Waals surface area contributed by atoms with Gasteiger partial charge in [-0.3, -0.25) is 0 Å². The molecule has 0 aliphatic rings. The van der Waals surface area contributed by atoms with Crippen LogP contribution in [-0.2, 0) is 16.5 Å². The third kappa shape index (κ3) is 5.26. The molecule has 0 amide bonds. The number of hydrogen-bond donors (Lipinski definition) is 2. The lowest BCUT2D eigenvalue weighted by atomic mass is 9.91. The van der Waals surface area contributed by atoms with Crippen LogP contribution in [-0.4, -0.2) is 31.9 Å². The van der Waals surface area contributed by atoms with Crippen LogP contribution < -0.4 is 5.32 Å². The van der Waals surface area contributed by atoms with Crippen LogP contribution in [0.5, 0.6) is 0 Å². The summed E-state index contributed by atoms with van der Waals surface area (Å²) < 4.78 is 55.8. The number of alkyl halides is 3. The molecule has 0 saturated heterocycles. The Kier molecular flexibility index (Phi) is 6.12. The van der Waals surface area contributed by atoms with E-state index >= 15 is 0 Å². The van der Waals surface area contributed by atoms with Crippen molar-refractivity contribution < 1.29 is 27.4 Å². The Morgan fingerprint density at radius 2 is 1.90 bits per heavy atom. The molecule has 1 rings (SSSR count). The van der Waals surface area contributed by atoms with Crippen molar-refractivity contribution in [3.63, 3.8) is 0 Å². The summed E-state index contributed by atoms with van der Waals surface area (Å²) in [5.74, 6) is -1.38. The van der Waals surface area contributed by atoms with Gasteiger partial charge in [-0.25, -0.2) is 4.39 Å². The Hall–Kier alpha value is -1.18. The zero-order valence-corrected chi connectivity index (χ0v) is 11.9. The van der Waals surface area contributed by atoms with E-state index in [4.69, 9.17) is 4.74 Å². The van der Waals surface area contributed by atoms with Gasteiger partial charge in [0.05, 0.1) is 17.8 Å². The molecule has 21 heavy (non-hydrogen) atoms. The summed E-state index contributed by atoms with van der Waals surface area (Å²) in [6, 6.07) is 2.48. The average molecular weight is 309 g/mol.